The Morgan fingerprint density at radius 1 is 0.567 bits per heavy atom. The van der Waals surface area contributed by atoms with E-state index >= 15 is 0 Å². The van der Waals surface area contributed by atoms with Crippen LogP contribution in [0.1, 0.15) is 0 Å². The Morgan fingerprint density at radius 3 is 1.10 bits per heavy atom. The third-order valence-electron chi connectivity index (χ3n) is 1.82. The molecule has 0 aliphatic rings. The number of halogens is 20. The summed E-state index contributed by atoms with van der Waals surface area (Å²) in [7, 11) is 0. The van der Waals surface area contributed by atoms with Crippen LogP contribution in [0.3, 0.4) is 0 Å². The first-order valence-electron chi connectivity index (χ1n) is 5.52. The number of hydrogen-bond donors (Lipinski definition) is 0. The van der Waals surface area contributed by atoms with E-state index in [1.54, 1.807) is 0 Å². The van der Waals surface area contributed by atoms with Gasteiger partial charge in [-0.15, -0.1) is 4.39 Å². The van der Waals surface area contributed by atoms with Gasteiger partial charge in [0.25, 0.3) is 0 Å². The average Bonchev–Trinajstić information content (AvgIpc) is 2.37. The molecule has 23 heteroatoms. The van der Waals surface area contributed by atoms with Crippen LogP contribution in [-0.2, 0) is 4.53 Å². The molecule has 0 aromatic heterocycles. The summed E-state index contributed by atoms with van der Waals surface area (Å²) in [5, 5.41) is 0.783. The molecule has 0 bridgehead atoms. The summed E-state index contributed by atoms with van der Waals surface area (Å²) in [5.74, 6) is -24.8. The summed E-state index contributed by atoms with van der Waals surface area (Å²) in [5.41, 5.74) is 0. The van der Waals surface area contributed by atoms with Gasteiger partial charge >= 0.3 is 78.5 Å². The summed E-state index contributed by atoms with van der Waals surface area (Å²) in [6, 6.07) is -4.09. The molecule has 0 aromatic carbocycles. The average molecular weight is 616 g/mol. The summed E-state index contributed by atoms with van der Waals surface area (Å²) < 4.78 is 229. The van der Waals surface area contributed by atoms with E-state index in [1.807, 2.05) is 0 Å². The van der Waals surface area contributed by atoms with E-state index in [4.69, 9.17) is 0 Å². The molecule has 30 heavy (non-hydrogen) atoms. The van der Waals surface area contributed by atoms with Crippen molar-refractivity contribution in [1.29, 1.82) is 0 Å². The predicted octanol–water partition coefficient (Wildman–Crippen LogP) is 6.47. The summed E-state index contributed by atoms with van der Waals surface area (Å²) in [6.07, 6.45) is -13.8. The van der Waals surface area contributed by atoms with Crippen LogP contribution in [0, 0.1) is 0 Å². The molecule has 0 saturated heterocycles. The minimum atomic E-state index is -11.2. The Labute approximate surface area is 150 Å². The number of oxime groups is 1. The molecule has 0 spiro atoms. The van der Waals surface area contributed by atoms with Gasteiger partial charge in [-0.1, -0.05) is 0 Å². The van der Waals surface area contributed by atoms with E-state index < -0.39 is 61.6 Å². The molecule has 0 saturated carbocycles. The number of alkyl halides is 12. The van der Waals surface area contributed by atoms with Gasteiger partial charge < -0.3 is 0 Å². The molecule has 0 unspecified atom stereocenters. The first kappa shape index (κ1) is 30.9. The molecule has 0 rings (SSSR count). The first-order chi connectivity index (χ1) is 12.2. The van der Waals surface area contributed by atoms with Crippen molar-refractivity contribution >= 4 is 31.5 Å². The van der Waals surface area contributed by atoms with Crippen LogP contribution in [0.2, 0.25) is 0 Å². The molecule has 2 nitrogen and oxygen atoms in total. The number of hydrogen-bond acceptors (Lipinski definition) is 1. The third-order valence-corrected chi connectivity index (χ3v) is 1.82. The molecule has 0 radical (unpaired) electrons. The van der Waals surface area contributed by atoms with Crippen molar-refractivity contribution in [2.24, 2.45) is 5.16 Å². The van der Waals surface area contributed by atoms with Crippen molar-refractivity contribution in [3.8, 4) is 0 Å². The van der Waals surface area contributed by atoms with Crippen molar-refractivity contribution in [3.05, 3.63) is 0 Å². The van der Waals surface area contributed by atoms with Crippen LogP contribution in [0.25, 0.3) is 0 Å². The Hall–Kier alpha value is -1.24. The van der Waals surface area contributed by atoms with E-state index in [0.717, 1.165) is 5.16 Å². The zero-order chi connectivity index (χ0) is 25.5. The van der Waals surface area contributed by atoms with E-state index in [0.29, 0.717) is 0 Å². The normalized spacial score (nSPS) is 18.3. The minimum absolute atomic E-state index is 0.783. The topological polar surface area (TPSA) is 23.7 Å². The van der Waals surface area contributed by atoms with Gasteiger partial charge in [0.2, 0.25) is 5.16 Å². The second kappa shape index (κ2) is 7.42. The van der Waals surface area contributed by atoms with Gasteiger partial charge in [-0.25, -0.2) is 0 Å². The zero-order valence-electron chi connectivity index (χ0n) is 12.4. The van der Waals surface area contributed by atoms with Crippen LogP contribution in [0.15, 0.2) is 5.16 Å². The molecule has 0 atom stereocenters. The van der Waals surface area contributed by atoms with Crippen molar-refractivity contribution in [1.82, 2.24) is 0 Å². The van der Waals surface area contributed by atoms with Gasteiger partial charge in [0.15, 0.2) is 0 Å². The van der Waals surface area contributed by atoms with Crippen molar-refractivity contribution in [2.45, 2.75) is 30.1 Å². The van der Waals surface area contributed by atoms with Crippen LogP contribution >= 0.6 is 0 Å². The first-order valence-corrected chi connectivity index (χ1v) is 11.3. The molecule has 0 aliphatic carbocycles. The van der Waals surface area contributed by atoms with Crippen LogP contribution in [0.4, 0.5) is 78.3 Å². The summed E-state index contributed by atoms with van der Waals surface area (Å²) in [4.78, 5) is 0. The number of rotatable bonds is 4. The van der Waals surface area contributed by atoms with Gasteiger partial charge in [0.1, 0.15) is 0 Å². The van der Waals surface area contributed by atoms with Crippen LogP contribution in [0.5, 0.6) is 0 Å². The fourth-order valence-corrected chi connectivity index (χ4v) is 0.614. The van der Waals surface area contributed by atoms with Gasteiger partial charge in [0.05, 0.1) is 0 Å². The number of nitrogens with zero attached hydrogens (tertiary/aromatic N) is 1. The quantitative estimate of drug-likeness (QED) is 0.0865. The SMILES string of the molecule is FC(=[O+]/N=C(/F)C(F)(F)C(F)(F)C(F)(F)F)C(F)(F)C(F)(F)F.[F][Sb-]([F])([F])([F])([F])[F]. The predicted molar refractivity (Wildman–Crippen MR) is 54.0 cm³/mol. The third kappa shape index (κ3) is 9.71. The van der Waals surface area contributed by atoms with Gasteiger partial charge in [-0.05, 0) is 4.53 Å². The van der Waals surface area contributed by atoms with E-state index in [9.17, 15) is 78.3 Å². The molecule has 0 fully saturated rings. The molecule has 0 N–H and O–H groups in total. The molecule has 0 aliphatic heterocycles. The van der Waals surface area contributed by atoms with Gasteiger partial charge in [-0.3, -0.25) is 0 Å². The second-order valence-electron chi connectivity index (χ2n) is 4.42. The monoisotopic (exact) mass is 615 g/mol. The molecule has 0 heterocycles. The number of carbonyl (C=O) groups excluding carboxylic acids is 1. The standard InChI is InChI=1S/C7F14NO.6FH.Sb/c8-1(3(10,11)5(14,15)7(19,20)21)22-23-2(9)4(12,13)6(16,17)18;;;;;;;/h;6*1H;/q+1;;;;;;;+5/p-6/b22-1+;;;;;;;. The molecule has 0 amide bonds. The van der Waals surface area contributed by atoms with Crippen molar-refractivity contribution in [2.75, 3.05) is 0 Å². The Morgan fingerprint density at radius 2 is 0.867 bits per heavy atom. The maximum absolute atomic E-state index is 12.5. The van der Waals surface area contributed by atoms with Crippen LogP contribution in [-0.4, -0.2) is 61.6 Å². The fourth-order valence-electron chi connectivity index (χ4n) is 0.614. The maximum atomic E-state index is 12.5. The van der Waals surface area contributed by atoms with Crippen molar-refractivity contribution < 1.29 is 82.9 Å². The van der Waals surface area contributed by atoms with Crippen molar-refractivity contribution in [3.63, 3.8) is 0 Å². The van der Waals surface area contributed by atoms with E-state index in [2.05, 4.69) is 4.53 Å². The van der Waals surface area contributed by atoms with Crippen LogP contribution < -0.4 is 0 Å². The van der Waals surface area contributed by atoms with E-state index in [-0.39, 0.29) is 0 Å². The Balaban J connectivity index is 0. The molecular weight excluding hydrogens is 616 g/mol. The Kier molecular flexibility index (Phi) is 7.65. The summed E-state index contributed by atoms with van der Waals surface area (Å²) >= 11 is -11.2. The molecule has 0 aromatic rings. The molecular formula is C7F20NOSb. The zero-order valence-corrected chi connectivity index (χ0v) is 14.9. The van der Waals surface area contributed by atoms with Gasteiger partial charge in [-0.2, -0.15) is 57.1 Å². The summed E-state index contributed by atoms with van der Waals surface area (Å²) in [6.45, 7) is 0. The van der Waals surface area contributed by atoms with E-state index in [1.165, 1.54) is 0 Å². The Bertz CT molecular complexity index is 663. The van der Waals surface area contributed by atoms with Gasteiger partial charge in [0, 0.05) is 0 Å². The fraction of sp³-hybridized carbons (Fsp3) is 0.714. The second-order valence-corrected chi connectivity index (χ2v) is 9.89. The molecule has 184 valence electrons.